The molecular formula is C43H41N3O. The van der Waals surface area contributed by atoms with Crippen molar-refractivity contribution < 1.29 is 5.11 Å². The fraction of sp³-hybridized carbons (Fsp3) is 0.209. The normalized spacial score (nSPS) is 12.2. The number of para-hydroxylation sites is 1. The highest BCUT2D eigenvalue weighted by molar-refractivity contribution is 6.03. The Hall–Kier alpha value is -5.22. The standard InChI is InChI=1S/C43H41N3O/c1-42(2,3)30-19-20-38(47)36(24-30)41-45-40-33(17-12-18-37(40)46(41)7)28-15-11-16-29(23-28)34-25-31(43(4,5)6)26-35-32(21-22-44-39(34)35)27-13-9-8-10-14-27/h8-26,47H,1-7H3. The molecule has 0 aliphatic rings. The molecule has 7 aromatic rings. The third-order valence-electron chi connectivity index (χ3n) is 9.30. The number of nitrogens with zero attached hydrogens (tertiary/aromatic N) is 3. The largest absolute Gasteiger partial charge is 0.507 e. The van der Waals surface area contributed by atoms with Crippen molar-refractivity contribution in [3.63, 3.8) is 0 Å². The number of hydrogen-bond acceptors (Lipinski definition) is 3. The molecule has 0 unspecified atom stereocenters. The van der Waals surface area contributed by atoms with Gasteiger partial charge in [0.05, 0.1) is 22.1 Å². The second-order valence-electron chi connectivity index (χ2n) is 14.6. The summed E-state index contributed by atoms with van der Waals surface area (Å²) in [5.74, 6) is 0.974. The van der Waals surface area contributed by atoms with Crippen molar-refractivity contribution >= 4 is 21.9 Å². The molecule has 4 heteroatoms. The van der Waals surface area contributed by atoms with E-state index in [2.05, 4.69) is 143 Å². The predicted molar refractivity (Wildman–Crippen MR) is 197 cm³/mol. The van der Waals surface area contributed by atoms with Crippen molar-refractivity contribution in [2.24, 2.45) is 7.05 Å². The van der Waals surface area contributed by atoms with Crippen LogP contribution in [0.15, 0.2) is 115 Å². The van der Waals surface area contributed by atoms with Crippen LogP contribution in [0, 0.1) is 0 Å². The van der Waals surface area contributed by atoms with Gasteiger partial charge >= 0.3 is 0 Å². The maximum atomic E-state index is 11.0. The maximum absolute atomic E-state index is 11.0. The molecule has 2 aromatic heterocycles. The van der Waals surface area contributed by atoms with Gasteiger partial charge in [-0.05, 0) is 86.7 Å². The molecule has 0 saturated heterocycles. The minimum absolute atomic E-state index is 0.0455. The summed E-state index contributed by atoms with van der Waals surface area (Å²) in [5.41, 5.74) is 12.7. The number of fused-ring (bicyclic) bond motifs is 2. The monoisotopic (exact) mass is 615 g/mol. The molecule has 0 bridgehead atoms. The number of aromatic hydroxyl groups is 1. The Morgan fingerprint density at radius 3 is 1.94 bits per heavy atom. The number of pyridine rings is 1. The molecule has 2 heterocycles. The predicted octanol–water partition coefficient (Wildman–Crippen LogP) is 11.1. The first-order valence-electron chi connectivity index (χ1n) is 16.3. The van der Waals surface area contributed by atoms with Crippen LogP contribution in [0.5, 0.6) is 5.75 Å². The van der Waals surface area contributed by atoms with Crippen LogP contribution in [0.2, 0.25) is 0 Å². The Morgan fingerprint density at radius 2 is 1.21 bits per heavy atom. The zero-order valence-electron chi connectivity index (χ0n) is 28.3. The lowest BCUT2D eigenvalue weighted by Gasteiger charge is -2.22. The summed E-state index contributed by atoms with van der Waals surface area (Å²) in [6, 6.07) is 38.2. The van der Waals surface area contributed by atoms with Crippen molar-refractivity contribution in [3.8, 4) is 50.5 Å². The van der Waals surface area contributed by atoms with Crippen LogP contribution < -0.4 is 0 Å². The number of imidazole rings is 1. The van der Waals surface area contributed by atoms with Gasteiger partial charge in [0.25, 0.3) is 0 Å². The number of hydrogen-bond donors (Lipinski definition) is 1. The van der Waals surface area contributed by atoms with E-state index in [0.29, 0.717) is 0 Å². The first-order valence-corrected chi connectivity index (χ1v) is 16.3. The van der Waals surface area contributed by atoms with Gasteiger partial charge in [-0.3, -0.25) is 4.98 Å². The molecule has 47 heavy (non-hydrogen) atoms. The van der Waals surface area contributed by atoms with Crippen LogP contribution >= 0.6 is 0 Å². The molecule has 5 aromatic carbocycles. The van der Waals surface area contributed by atoms with E-state index in [1.807, 2.05) is 19.3 Å². The maximum Gasteiger partial charge on any atom is 0.144 e. The molecule has 0 aliphatic carbocycles. The Kier molecular flexibility index (Phi) is 7.28. The van der Waals surface area contributed by atoms with Crippen molar-refractivity contribution in [2.75, 3.05) is 0 Å². The van der Waals surface area contributed by atoms with Crippen molar-refractivity contribution in [1.29, 1.82) is 0 Å². The van der Waals surface area contributed by atoms with E-state index in [9.17, 15) is 5.11 Å². The van der Waals surface area contributed by atoms with Gasteiger partial charge in [0, 0.05) is 29.8 Å². The van der Waals surface area contributed by atoms with Crippen LogP contribution in [0.25, 0.3) is 66.7 Å². The number of benzene rings is 5. The second-order valence-corrected chi connectivity index (χ2v) is 14.6. The molecule has 234 valence electrons. The summed E-state index contributed by atoms with van der Waals surface area (Å²) in [6.45, 7) is 13.3. The number of rotatable bonds is 4. The van der Waals surface area contributed by atoms with E-state index in [1.165, 1.54) is 16.7 Å². The van der Waals surface area contributed by atoms with Crippen LogP contribution in [0.4, 0.5) is 0 Å². The Balaban J connectivity index is 1.41. The van der Waals surface area contributed by atoms with Gasteiger partial charge in [0.2, 0.25) is 0 Å². The molecule has 4 nitrogen and oxygen atoms in total. The lowest BCUT2D eigenvalue weighted by Crippen LogP contribution is -2.11. The Morgan fingerprint density at radius 1 is 0.553 bits per heavy atom. The van der Waals surface area contributed by atoms with E-state index in [0.717, 1.165) is 61.1 Å². The van der Waals surface area contributed by atoms with Gasteiger partial charge in [-0.1, -0.05) is 108 Å². The minimum Gasteiger partial charge on any atom is -0.507 e. The average Bonchev–Trinajstić information content (AvgIpc) is 3.39. The van der Waals surface area contributed by atoms with Gasteiger partial charge in [-0.25, -0.2) is 4.98 Å². The SMILES string of the molecule is Cn1c(-c2cc(C(C)(C)C)ccc2O)nc2c(-c3cccc(-c4cc(C(C)(C)C)cc5c(-c6ccccc6)ccnc45)c3)cccc21. The van der Waals surface area contributed by atoms with Crippen molar-refractivity contribution in [1.82, 2.24) is 14.5 Å². The summed E-state index contributed by atoms with van der Waals surface area (Å²) < 4.78 is 2.08. The van der Waals surface area contributed by atoms with Gasteiger partial charge < -0.3 is 9.67 Å². The molecule has 1 N–H and O–H groups in total. The third kappa shape index (κ3) is 5.48. The van der Waals surface area contributed by atoms with E-state index >= 15 is 0 Å². The molecule has 0 spiro atoms. The smallest absolute Gasteiger partial charge is 0.144 e. The summed E-state index contributed by atoms with van der Waals surface area (Å²) in [7, 11) is 2.02. The summed E-state index contributed by atoms with van der Waals surface area (Å²) in [6.07, 6.45) is 1.93. The van der Waals surface area contributed by atoms with Gasteiger partial charge in [-0.15, -0.1) is 0 Å². The van der Waals surface area contributed by atoms with E-state index in [-0.39, 0.29) is 16.6 Å². The quantitative estimate of drug-likeness (QED) is 0.214. The zero-order valence-corrected chi connectivity index (χ0v) is 28.3. The fourth-order valence-electron chi connectivity index (χ4n) is 6.50. The van der Waals surface area contributed by atoms with Gasteiger partial charge in [0.1, 0.15) is 11.6 Å². The molecule has 0 radical (unpaired) electrons. The molecule has 0 atom stereocenters. The minimum atomic E-state index is -0.0518. The number of aromatic nitrogens is 3. The van der Waals surface area contributed by atoms with Crippen LogP contribution in [-0.2, 0) is 17.9 Å². The fourth-order valence-corrected chi connectivity index (χ4v) is 6.50. The highest BCUT2D eigenvalue weighted by Gasteiger charge is 2.22. The van der Waals surface area contributed by atoms with Gasteiger partial charge in [0.15, 0.2) is 0 Å². The zero-order chi connectivity index (χ0) is 33.1. The van der Waals surface area contributed by atoms with Crippen LogP contribution in [0.1, 0.15) is 52.7 Å². The molecule has 0 saturated carbocycles. The summed E-state index contributed by atoms with van der Waals surface area (Å²) in [4.78, 5) is 10.1. The van der Waals surface area contributed by atoms with Crippen LogP contribution in [-0.4, -0.2) is 19.6 Å². The van der Waals surface area contributed by atoms with Crippen molar-refractivity contribution in [3.05, 3.63) is 127 Å². The number of aryl methyl sites for hydroxylation is 1. The van der Waals surface area contributed by atoms with Crippen molar-refractivity contribution in [2.45, 2.75) is 52.4 Å². The first-order chi connectivity index (χ1) is 22.4. The Labute approximate surface area is 277 Å². The number of phenols is 1. The average molecular weight is 616 g/mol. The Bertz CT molecular complexity index is 2280. The van der Waals surface area contributed by atoms with E-state index in [4.69, 9.17) is 9.97 Å². The molecule has 0 amide bonds. The lowest BCUT2D eigenvalue weighted by atomic mass is 9.83. The number of phenolic OH excluding ortho intramolecular Hbond substituents is 1. The molecular weight excluding hydrogens is 574 g/mol. The topological polar surface area (TPSA) is 50.9 Å². The molecule has 7 rings (SSSR count). The van der Waals surface area contributed by atoms with E-state index < -0.39 is 0 Å². The highest BCUT2D eigenvalue weighted by Crippen LogP contribution is 2.41. The van der Waals surface area contributed by atoms with E-state index in [1.54, 1.807) is 6.07 Å². The third-order valence-corrected chi connectivity index (χ3v) is 9.30. The molecule has 0 aliphatic heterocycles. The summed E-state index contributed by atoms with van der Waals surface area (Å²) in [5, 5.41) is 12.1. The lowest BCUT2D eigenvalue weighted by molar-refractivity contribution is 0.475. The van der Waals surface area contributed by atoms with Crippen LogP contribution in [0.3, 0.4) is 0 Å². The summed E-state index contributed by atoms with van der Waals surface area (Å²) >= 11 is 0. The van der Waals surface area contributed by atoms with Gasteiger partial charge in [-0.2, -0.15) is 0 Å². The second kappa shape index (κ2) is 11.2. The molecule has 0 fully saturated rings. The highest BCUT2D eigenvalue weighted by atomic mass is 16.3. The first kappa shape index (κ1) is 30.4.